The first-order valence-electron chi connectivity index (χ1n) is 10.0. The molecule has 7 heteroatoms. The van der Waals surface area contributed by atoms with E-state index in [1.165, 1.54) is 5.56 Å². The van der Waals surface area contributed by atoms with Crippen molar-refractivity contribution < 1.29 is 14.3 Å². The number of ether oxygens (including phenoxy) is 2. The van der Waals surface area contributed by atoms with Gasteiger partial charge in [0.1, 0.15) is 0 Å². The Balaban J connectivity index is 1.57. The number of benzene rings is 2. The largest absolute Gasteiger partial charge is 0.493 e. The van der Waals surface area contributed by atoms with Gasteiger partial charge in [0.05, 0.1) is 36.9 Å². The summed E-state index contributed by atoms with van der Waals surface area (Å²) in [6.45, 7) is 0.675. The summed E-state index contributed by atoms with van der Waals surface area (Å²) in [5.74, 6) is 2.05. The van der Waals surface area contributed by atoms with Gasteiger partial charge in [0.25, 0.3) is 5.91 Å². The van der Waals surface area contributed by atoms with Crippen molar-refractivity contribution in [1.29, 1.82) is 0 Å². The molecule has 0 N–H and O–H groups in total. The SMILES string of the molecule is COc1cc2c(cc1OC)[C@@H]1Cc3c(cnc4nc5ccccc5n34)C(=O)N1CC2. The van der Waals surface area contributed by atoms with Crippen LogP contribution in [0.3, 0.4) is 0 Å². The summed E-state index contributed by atoms with van der Waals surface area (Å²) in [6, 6.07) is 12.0. The van der Waals surface area contributed by atoms with E-state index >= 15 is 0 Å². The predicted molar refractivity (Wildman–Crippen MR) is 111 cm³/mol. The molecule has 6 rings (SSSR count). The molecule has 0 radical (unpaired) electrons. The van der Waals surface area contributed by atoms with Crippen molar-refractivity contribution in [1.82, 2.24) is 19.3 Å². The van der Waals surface area contributed by atoms with Crippen LogP contribution in [0.2, 0.25) is 0 Å². The number of carbonyl (C=O) groups excluding carboxylic acids is 1. The third kappa shape index (κ3) is 2.23. The minimum Gasteiger partial charge on any atom is -0.493 e. The van der Waals surface area contributed by atoms with Crippen molar-refractivity contribution in [2.45, 2.75) is 18.9 Å². The average molecular weight is 400 g/mol. The number of methoxy groups -OCH3 is 2. The fraction of sp³-hybridized carbons (Fsp3) is 0.261. The van der Waals surface area contributed by atoms with Crippen molar-refractivity contribution >= 4 is 22.7 Å². The monoisotopic (exact) mass is 400 g/mol. The molecule has 0 saturated carbocycles. The maximum atomic E-state index is 13.4. The van der Waals surface area contributed by atoms with Crippen LogP contribution in [0.4, 0.5) is 0 Å². The van der Waals surface area contributed by atoms with Crippen LogP contribution in [-0.2, 0) is 12.8 Å². The smallest absolute Gasteiger partial charge is 0.257 e. The van der Waals surface area contributed by atoms with E-state index in [9.17, 15) is 4.79 Å². The van der Waals surface area contributed by atoms with Gasteiger partial charge >= 0.3 is 0 Å². The molecule has 7 nitrogen and oxygen atoms in total. The molecule has 0 spiro atoms. The molecule has 150 valence electrons. The number of fused-ring (bicyclic) bond motifs is 8. The number of imidazole rings is 1. The van der Waals surface area contributed by atoms with Crippen molar-refractivity contribution in [2.75, 3.05) is 20.8 Å². The molecule has 2 aromatic carbocycles. The topological polar surface area (TPSA) is 69.0 Å². The Kier molecular flexibility index (Phi) is 3.56. The fourth-order valence-corrected chi connectivity index (χ4v) is 4.89. The zero-order chi connectivity index (χ0) is 20.4. The lowest BCUT2D eigenvalue weighted by Gasteiger charge is -2.41. The number of hydrogen-bond donors (Lipinski definition) is 0. The van der Waals surface area contributed by atoms with Gasteiger partial charge in [-0.25, -0.2) is 9.97 Å². The van der Waals surface area contributed by atoms with Crippen molar-refractivity contribution in [2.24, 2.45) is 0 Å². The highest BCUT2D eigenvalue weighted by Crippen LogP contribution is 2.42. The first kappa shape index (κ1) is 17.3. The zero-order valence-electron chi connectivity index (χ0n) is 16.8. The molecule has 0 fully saturated rings. The van der Waals surface area contributed by atoms with E-state index in [0.717, 1.165) is 34.5 Å². The molecule has 2 aliphatic heterocycles. The molecule has 0 unspecified atom stereocenters. The molecule has 30 heavy (non-hydrogen) atoms. The van der Waals surface area contributed by atoms with Crippen molar-refractivity contribution in [3.05, 3.63) is 65.0 Å². The summed E-state index contributed by atoms with van der Waals surface area (Å²) in [6.07, 6.45) is 3.17. The third-order valence-electron chi connectivity index (χ3n) is 6.31. The molecule has 1 atom stereocenters. The van der Waals surface area contributed by atoms with Crippen LogP contribution in [0.1, 0.15) is 33.2 Å². The van der Waals surface area contributed by atoms with Crippen LogP contribution in [0.5, 0.6) is 11.5 Å². The van der Waals surface area contributed by atoms with E-state index in [4.69, 9.17) is 9.47 Å². The van der Waals surface area contributed by atoms with Crippen LogP contribution in [0.15, 0.2) is 42.6 Å². The lowest BCUT2D eigenvalue weighted by atomic mass is 9.85. The Morgan fingerprint density at radius 3 is 2.73 bits per heavy atom. The van der Waals surface area contributed by atoms with E-state index in [-0.39, 0.29) is 11.9 Å². The summed E-state index contributed by atoms with van der Waals surface area (Å²) in [4.78, 5) is 24.5. The Labute approximate surface area is 172 Å². The molecular formula is C23H20N4O3. The van der Waals surface area contributed by atoms with Crippen molar-refractivity contribution in [3.8, 4) is 11.5 Å². The second kappa shape index (κ2) is 6.19. The number of para-hydroxylation sites is 2. The molecule has 4 heterocycles. The highest BCUT2D eigenvalue weighted by Gasteiger charge is 2.39. The average Bonchev–Trinajstić information content (AvgIpc) is 3.17. The van der Waals surface area contributed by atoms with Gasteiger partial charge in [-0.15, -0.1) is 0 Å². The first-order valence-corrected chi connectivity index (χ1v) is 10.0. The summed E-state index contributed by atoms with van der Waals surface area (Å²) in [5, 5.41) is 0. The van der Waals surface area contributed by atoms with Gasteiger partial charge in [-0.1, -0.05) is 12.1 Å². The Hall–Kier alpha value is -3.61. The third-order valence-corrected chi connectivity index (χ3v) is 6.31. The van der Waals surface area contributed by atoms with E-state index in [2.05, 4.69) is 9.97 Å². The minimum atomic E-state index is -0.0553. The summed E-state index contributed by atoms with van der Waals surface area (Å²) in [5.41, 5.74) is 5.79. The lowest BCUT2D eigenvalue weighted by molar-refractivity contribution is 0.0627. The van der Waals surface area contributed by atoms with Gasteiger partial charge in [0, 0.05) is 24.9 Å². The fourth-order valence-electron chi connectivity index (χ4n) is 4.89. The van der Waals surface area contributed by atoms with E-state index in [1.54, 1.807) is 20.4 Å². The summed E-state index contributed by atoms with van der Waals surface area (Å²) >= 11 is 0. The minimum absolute atomic E-state index is 0.0221. The van der Waals surface area contributed by atoms with Gasteiger partial charge in [-0.3, -0.25) is 9.20 Å². The quantitative estimate of drug-likeness (QED) is 0.517. The van der Waals surface area contributed by atoms with Crippen LogP contribution < -0.4 is 9.47 Å². The normalized spacial score (nSPS) is 17.6. The van der Waals surface area contributed by atoms with Gasteiger partial charge in [-0.05, 0) is 41.8 Å². The molecule has 0 bridgehead atoms. The molecule has 0 aliphatic carbocycles. The molecular weight excluding hydrogens is 380 g/mol. The van der Waals surface area contributed by atoms with Crippen LogP contribution in [0, 0.1) is 0 Å². The Morgan fingerprint density at radius 1 is 1.10 bits per heavy atom. The molecule has 4 aromatic rings. The number of aromatic nitrogens is 3. The standard InChI is InChI=1S/C23H20N4O3/c1-29-20-9-13-7-8-26-18(14(13)10-21(20)30-2)11-19-15(22(26)28)12-24-23-25-16-5-3-4-6-17(16)27(19)23/h3-6,9-10,12,18H,7-8,11H2,1-2H3/t18-/m0/s1. The highest BCUT2D eigenvalue weighted by atomic mass is 16.5. The number of nitrogens with zero attached hydrogens (tertiary/aromatic N) is 4. The van der Waals surface area contributed by atoms with E-state index in [1.807, 2.05) is 45.7 Å². The number of hydrogen-bond acceptors (Lipinski definition) is 5. The second-order valence-electron chi connectivity index (χ2n) is 7.73. The van der Waals surface area contributed by atoms with Crippen molar-refractivity contribution in [3.63, 3.8) is 0 Å². The highest BCUT2D eigenvalue weighted by molar-refractivity contribution is 5.97. The maximum absolute atomic E-state index is 13.4. The second-order valence-corrected chi connectivity index (χ2v) is 7.73. The number of carbonyl (C=O) groups is 1. The van der Waals surface area contributed by atoms with Gasteiger partial charge in [0.15, 0.2) is 11.5 Å². The molecule has 0 saturated heterocycles. The van der Waals surface area contributed by atoms with Crippen LogP contribution >= 0.6 is 0 Å². The summed E-state index contributed by atoms with van der Waals surface area (Å²) < 4.78 is 13.1. The molecule has 1 amide bonds. The zero-order valence-corrected chi connectivity index (χ0v) is 16.8. The van der Waals surface area contributed by atoms with Gasteiger partial charge < -0.3 is 14.4 Å². The van der Waals surface area contributed by atoms with E-state index in [0.29, 0.717) is 30.1 Å². The van der Waals surface area contributed by atoms with Crippen LogP contribution in [0.25, 0.3) is 16.8 Å². The summed E-state index contributed by atoms with van der Waals surface area (Å²) in [7, 11) is 3.28. The number of amides is 1. The Bertz CT molecular complexity index is 1340. The lowest BCUT2D eigenvalue weighted by Crippen LogP contribution is -2.45. The number of rotatable bonds is 2. The molecule has 2 aliphatic rings. The van der Waals surface area contributed by atoms with Gasteiger partial charge in [0.2, 0.25) is 5.78 Å². The molecule has 2 aromatic heterocycles. The first-order chi connectivity index (χ1) is 14.7. The maximum Gasteiger partial charge on any atom is 0.257 e. The van der Waals surface area contributed by atoms with Gasteiger partial charge in [-0.2, -0.15) is 0 Å². The predicted octanol–water partition coefficient (Wildman–Crippen LogP) is 3.20. The van der Waals surface area contributed by atoms with Crippen LogP contribution in [-0.4, -0.2) is 45.9 Å². The van der Waals surface area contributed by atoms with E-state index < -0.39 is 0 Å². The Morgan fingerprint density at radius 2 is 1.90 bits per heavy atom.